The highest BCUT2D eigenvalue weighted by Crippen LogP contribution is 2.35. The molecule has 0 saturated carbocycles. The number of carbonyl (C=O) groups is 1. The number of nitro groups is 1. The Bertz CT molecular complexity index is 562. The smallest absolute Gasteiger partial charge is 0.433 e. The van der Waals surface area contributed by atoms with Crippen LogP contribution in [0.4, 0.5) is 24.5 Å². The number of carboxylic acids is 1. The fraction of sp³-hybridized carbons (Fsp3) is 0.455. The number of rotatable bonds is 5. The quantitative estimate of drug-likeness (QED) is 0.662. The Hall–Kier alpha value is -2.39. The third kappa shape index (κ3) is 3.58. The summed E-state index contributed by atoms with van der Waals surface area (Å²) in [5.41, 5.74) is -2.46. The molecule has 0 saturated heterocycles. The second-order valence-electron chi connectivity index (χ2n) is 4.19. The Balaban J connectivity index is 3.42. The normalized spacial score (nSPS) is 12.8. The number of halogens is 3. The lowest BCUT2D eigenvalue weighted by atomic mass is 10.1. The SMILES string of the molecule is CCC(C(=O)O)N(C)c1cc(C(F)(F)F)ncc1[N+](=O)[O-]. The van der Waals surface area contributed by atoms with E-state index in [-0.39, 0.29) is 6.42 Å². The van der Waals surface area contributed by atoms with Crippen LogP contribution in [0.2, 0.25) is 0 Å². The molecule has 1 heterocycles. The molecule has 10 heteroatoms. The number of aromatic nitrogens is 1. The Morgan fingerprint density at radius 3 is 2.52 bits per heavy atom. The molecule has 1 unspecified atom stereocenters. The number of carboxylic acid groups (broad SMARTS) is 1. The highest BCUT2D eigenvalue weighted by molar-refractivity contribution is 5.79. The summed E-state index contributed by atoms with van der Waals surface area (Å²) in [6.07, 6.45) is -4.24. The van der Waals surface area contributed by atoms with Crippen molar-refractivity contribution in [3.05, 3.63) is 28.1 Å². The molecule has 1 rings (SSSR count). The standard InChI is InChI=1S/C11H12F3N3O4/c1-3-6(10(18)19)16(2)7-4-9(11(12,13)14)15-5-8(7)17(20)21/h4-6H,3H2,1-2H3,(H,18,19). The lowest BCUT2D eigenvalue weighted by Crippen LogP contribution is -2.38. The number of anilines is 1. The van der Waals surface area contributed by atoms with E-state index in [9.17, 15) is 28.1 Å². The van der Waals surface area contributed by atoms with E-state index in [1.54, 1.807) is 0 Å². The molecular formula is C11H12F3N3O4. The fourth-order valence-corrected chi connectivity index (χ4v) is 1.80. The topological polar surface area (TPSA) is 96.6 Å². The van der Waals surface area contributed by atoms with Gasteiger partial charge in [0.2, 0.25) is 0 Å². The highest BCUT2D eigenvalue weighted by Gasteiger charge is 2.36. The fourth-order valence-electron chi connectivity index (χ4n) is 1.80. The van der Waals surface area contributed by atoms with Gasteiger partial charge in [0.15, 0.2) is 0 Å². The Morgan fingerprint density at radius 2 is 2.14 bits per heavy atom. The molecule has 1 atom stereocenters. The molecule has 1 aromatic heterocycles. The van der Waals surface area contributed by atoms with Gasteiger partial charge in [0.25, 0.3) is 0 Å². The van der Waals surface area contributed by atoms with Crippen molar-refractivity contribution in [2.75, 3.05) is 11.9 Å². The van der Waals surface area contributed by atoms with Gasteiger partial charge in [-0.3, -0.25) is 10.1 Å². The van der Waals surface area contributed by atoms with E-state index >= 15 is 0 Å². The van der Waals surface area contributed by atoms with E-state index in [1.807, 2.05) is 0 Å². The Labute approximate surface area is 117 Å². The molecule has 0 aromatic carbocycles. The Morgan fingerprint density at radius 1 is 1.57 bits per heavy atom. The van der Waals surface area contributed by atoms with Crippen molar-refractivity contribution < 1.29 is 28.0 Å². The van der Waals surface area contributed by atoms with Gasteiger partial charge in [-0.2, -0.15) is 13.2 Å². The summed E-state index contributed by atoms with van der Waals surface area (Å²) in [5, 5.41) is 19.9. The lowest BCUT2D eigenvalue weighted by molar-refractivity contribution is -0.384. The molecule has 0 radical (unpaired) electrons. The predicted molar refractivity (Wildman–Crippen MR) is 66.0 cm³/mol. The van der Waals surface area contributed by atoms with E-state index < -0.39 is 40.2 Å². The van der Waals surface area contributed by atoms with Crippen molar-refractivity contribution in [1.82, 2.24) is 4.98 Å². The number of nitrogens with zero attached hydrogens (tertiary/aromatic N) is 3. The molecule has 21 heavy (non-hydrogen) atoms. The average molecular weight is 307 g/mol. The number of likely N-dealkylation sites (N-methyl/N-ethyl adjacent to an activating group) is 1. The first-order valence-electron chi connectivity index (χ1n) is 5.76. The summed E-state index contributed by atoms with van der Waals surface area (Å²) in [5.74, 6) is -1.29. The van der Waals surface area contributed by atoms with Gasteiger partial charge in [0.1, 0.15) is 23.6 Å². The van der Waals surface area contributed by atoms with Crippen LogP contribution < -0.4 is 4.90 Å². The van der Waals surface area contributed by atoms with Crippen LogP contribution in [0.1, 0.15) is 19.0 Å². The lowest BCUT2D eigenvalue weighted by Gasteiger charge is -2.25. The zero-order valence-electron chi connectivity index (χ0n) is 11.1. The van der Waals surface area contributed by atoms with Crippen LogP contribution in [-0.2, 0) is 11.0 Å². The van der Waals surface area contributed by atoms with Crippen molar-refractivity contribution in [3.8, 4) is 0 Å². The average Bonchev–Trinajstić information content (AvgIpc) is 2.37. The monoisotopic (exact) mass is 307 g/mol. The molecular weight excluding hydrogens is 295 g/mol. The minimum absolute atomic E-state index is 0.0622. The van der Waals surface area contributed by atoms with Gasteiger partial charge >= 0.3 is 17.8 Å². The zero-order valence-corrected chi connectivity index (χ0v) is 11.1. The largest absolute Gasteiger partial charge is 0.480 e. The van der Waals surface area contributed by atoms with E-state index in [2.05, 4.69) is 4.98 Å². The summed E-state index contributed by atoms with van der Waals surface area (Å²) >= 11 is 0. The molecule has 0 aliphatic carbocycles. The van der Waals surface area contributed by atoms with Gasteiger partial charge in [0, 0.05) is 7.05 Å². The van der Waals surface area contributed by atoms with Crippen LogP contribution >= 0.6 is 0 Å². The van der Waals surface area contributed by atoms with Gasteiger partial charge in [-0.15, -0.1) is 0 Å². The minimum Gasteiger partial charge on any atom is -0.480 e. The van der Waals surface area contributed by atoms with E-state index in [0.29, 0.717) is 12.3 Å². The molecule has 1 aromatic rings. The first-order valence-corrected chi connectivity index (χ1v) is 5.76. The minimum atomic E-state index is -4.78. The van der Waals surface area contributed by atoms with Gasteiger partial charge < -0.3 is 10.0 Å². The molecule has 0 fully saturated rings. The van der Waals surface area contributed by atoms with Crippen LogP contribution in [0.3, 0.4) is 0 Å². The van der Waals surface area contributed by atoms with Crippen molar-refractivity contribution in [2.45, 2.75) is 25.6 Å². The molecule has 1 N–H and O–H groups in total. The maximum absolute atomic E-state index is 12.6. The van der Waals surface area contributed by atoms with E-state index in [0.717, 1.165) is 4.90 Å². The second kappa shape index (κ2) is 5.94. The van der Waals surface area contributed by atoms with E-state index in [4.69, 9.17) is 5.11 Å². The second-order valence-corrected chi connectivity index (χ2v) is 4.19. The first kappa shape index (κ1) is 16.7. The van der Waals surface area contributed by atoms with Gasteiger partial charge in [-0.25, -0.2) is 9.78 Å². The van der Waals surface area contributed by atoms with Crippen molar-refractivity contribution in [3.63, 3.8) is 0 Å². The van der Waals surface area contributed by atoms with Crippen LogP contribution in [0.15, 0.2) is 12.3 Å². The number of aliphatic carboxylic acids is 1. The zero-order chi connectivity index (χ0) is 16.4. The summed E-state index contributed by atoms with van der Waals surface area (Å²) in [4.78, 5) is 25.0. The number of hydrogen-bond donors (Lipinski definition) is 1. The first-order chi connectivity index (χ1) is 9.59. The molecule has 0 bridgehead atoms. The number of hydrogen-bond acceptors (Lipinski definition) is 5. The summed E-state index contributed by atoms with van der Waals surface area (Å²) < 4.78 is 37.9. The summed E-state index contributed by atoms with van der Waals surface area (Å²) in [7, 11) is 1.19. The Kier molecular flexibility index (Phi) is 4.71. The van der Waals surface area contributed by atoms with Crippen molar-refractivity contribution in [1.29, 1.82) is 0 Å². The number of alkyl halides is 3. The van der Waals surface area contributed by atoms with Crippen LogP contribution in [-0.4, -0.2) is 34.1 Å². The third-order valence-electron chi connectivity index (χ3n) is 2.87. The maximum Gasteiger partial charge on any atom is 0.433 e. The molecule has 116 valence electrons. The summed E-state index contributed by atoms with van der Waals surface area (Å²) in [6.45, 7) is 1.51. The molecule has 7 nitrogen and oxygen atoms in total. The molecule has 0 aliphatic rings. The van der Waals surface area contributed by atoms with E-state index in [1.165, 1.54) is 14.0 Å². The van der Waals surface area contributed by atoms with Gasteiger partial charge in [-0.05, 0) is 12.5 Å². The van der Waals surface area contributed by atoms with Crippen molar-refractivity contribution >= 4 is 17.3 Å². The van der Waals surface area contributed by atoms with Gasteiger partial charge in [0.05, 0.1) is 4.92 Å². The number of pyridine rings is 1. The molecule has 0 spiro atoms. The summed E-state index contributed by atoms with van der Waals surface area (Å²) in [6, 6.07) is -0.712. The third-order valence-corrected chi connectivity index (χ3v) is 2.87. The molecule has 0 aliphatic heterocycles. The van der Waals surface area contributed by atoms with Crippen molar-refractivity contribution in [2.24, 2.45) is 0 Å². The molecule has 0 amide bonds. The van der Waals surface area contributed by atoms with Crippen LogP contribution in [0.25, 0.3) is 0 Å². The van der Waals surface area contributed by atoms with Crippen LogP contribution in [0, 0.1) is 10.1 Å². The maximum atomic E-state index is 12.6. The van der Waals surface area contributed by atoms with Gasteiger partial charge in [-0.1, -0.05) is 6.92 Å². The predicted octanol–water partition coefficient (Wildman–Crippen LogP) is 2.31. The highest BCUT2D eigenvalue weighted by atomic mass is 19.4. The van der Waals surface area contributed by atoms with Crippen LogP contribution in [0.5, 0.6) is 0 Å².